The molecule has 0 radical (unpaired) electrons. The van der Waals surface area contributed by atoms with Gasteiger partial charge in [0.15, 0.2) is 5.84 Å². The molecule has 4 nitrogen and oxygen atoms in total. The largest absolute Gasteiger partial charge is 0.383 e. The fraction of sp³-hybridized carbons (Fsp3) is 0.0513. The van der Waals surface area contributed by atoms with Gasteiger partial charge in [-0.3, -0.25) is 9.98 Å². The first kappa shape index (κ1) is 26.3. The van der Waals surface area contributed by atoms with E-state index in [0.717, 1.165) is 44.1 Å². The van der Waals surface area contributed by atoms with E-state index < -0.39 is 0 Å². The van der Waals surface area contributed by atoms with E-state index in [0.29, 0.717) is 11.7 Å². The lowest BCUT2D eigenvalue weighted by atomic mass is 10.0. The number of benzene rings is 6. The standard InChI is InChI=1S/C39H30N4/c1-26(32-21-15-27-8-2-4-10-33(27)24-32)42-39(35-22-16-28-9-3-5-11-34(28)25-35)43-38(40)31-19-17-29(18-20-31)36-14-6-12-30-13-7-23-41-37(30)36/h2-26H,1H3,(H2,40,42,43). The van der Waals surface area contributed by atoms with Crippen LogP contribution in [0.15, 0.2) is 156 Å². The van der Waals surface area contributed by atoms with Crippen LogP contribution in [0.25, 0.3) is 43.6 Å². The number of nitrogens with two attached hydrogens (primary N) is 1. The lowest BCUT2D eigenvalue weighted by Crippen LogP contribution is -2.16. The molecular weight excluding hydrogens is 524 g/mol. The van der Waals surface area contributed by atoms with Crippen molar-refractivity contribution in [2.24, 2.45) is 15.7 Å². The monoisotopic (exact) mass is 554 g/mol. The van der Waals surface area contributed by atoms with Crippen molar-refractivity contribution in [1.82, 2.24) is 4.98 Å². The van der Waals surface area contributed by atoms with E-state index in [1.165, 1.54) is 16.2 Å². The van der Waals surface area contributed by atoms with Gasteiger partial charge in [-0.25, -0.2) is 4.99 Å². The predicted molar refractivity (Wildman–Crippen MR) is 181 cm³/mol. The highest BCUT2D eigenvalue weighted by Gasteiger charge is 2.12. The van der Waals surface area contributed by atoms with Gasteiger partial charge in [0, 0.05) is 28.3 Å². The summed E-state index contributed by atoms with van der Waals surface area (Å²) in [6.45, 7) is 2.10. The number of rotatable bonds is 5. The summed E-state index contributed by atoms with van der Waals surface area (Å²) >= 11 is 0. The molecule has 2 N–H and O–H groups in total. The highest BCUT2D eigenvalue weighted by Crippen LogP contribution is 2.28. The summed E-state index contributed by atoms with van der Waals surface area (Å²) in [5, 5.41) is 5.82. The third-order valence-electron chi connectivity index (χ3n) is 7.93. The summed E-state index contributed by atoms with van der Waals surface area (Å²) in [6, 6.07) is 47.8. The molecule has 1 unspecified atom stereocenters. The van der Waals surface area contributed by atoms with Gasteiger partial charge >= 0.3 is 0 Å². The van der Waals surface area contributed by atoms with Crippen LogP contribution in [0.2, 0.25) is 0 Å². The number of pyridine rings is 1. The maximum absolute atomic E-state index is 6.67. The summed E-state index contributed by atoms with van der Waals surface area (Å²) in [5.74, 6) is 1.02. The van der Waals surface area contributed by atoms with Gasteiger partial charge in [-0.1, -0.05) is 121 Å². The number of fused-ring (bicyclic) bond motifs is 3. The Bertz CT molecular complexity index is 2150. The summed E-state index contributed by atoms with van der Waals surface area (Å²) in [7, 11) is 0. The van der Waals surface area contributed by atoms with Crippen molar-refractivity contribution in [2.45, 2.75) is 13.0 Å². The Morgan fingerprint density at radius 3 is 2.00 bits per heavy atom. The van der Waals surface area contributed by atoms with Gasteiger partial charge in [0.1, 0.15) is 5.84 Å². The topological polar surface area (TPSA) is 63.6 Å². The molecule has 0 aliphatic rings. The van der Waals surface area contributed by atoms with Crippen LogP contribution in [0.1, 0.15) is 29.7 Å². The molecule has 1 heterocycles. The summed E-state index contributed by atoms with van der Waals surface area (Å²) in [4.78, 5) is 14.7. The van der Waals surface area contributed by atoms with E-state index in [4.69, 9.17) is 15.7 Å². The minimum absolute atomic E-state index is 0.121. The second-order valence-corrected chi connectivity index (χ2v) is 10.8. The number of nitrogens with zero attached hydrogens (tertiary/aromatic N) is 3. The first-order valence-electron chi connectivity index (χ1n) is 14.5. The van der Waals surface area contributed by atoms with Crippen molar-refractivity contribution in [2.75, 3.05) is 0 Å². The van der Waals surface area contributed by atoms with Crippen LogP contribution in [-0.4, -0.2) is 16.7 Å². The van der Waals surface area contributed by atoms with Crippen LogP contribution in [-0.2, 0) is 0 Å². The predicted octanol–water partition coefficient (Wildman–Crippen LogP) is 9.12. The Balaban J connectivity index is 1.27. The maximum atomic E-state index is 6.67. The molecular formula is C39H30N4. The first-order chi connectivity index (χ1) is 21.1. The Morgan fingerprint density at radius 1 is 0.605 bits per heavy atom. The highest BCUT2D eigenvalue weighted by atomic mass is 15.0. The number of aromatic nitrogens is 1. The molecule has 1 atom stereocenters. The zero-order chi connectivity index (χ0) is 29.2. The van der Waals surface area contributed by atoms with Gasteiger partial charge in [-0.2, -0.15) is 0 Å². The minimum Gasteiger partial charge on any atom is -0.383 e. The molecule has 0 fully saturated rings. The third-order valence-corrected chi connectivity index (χ3v) is 7.93. The van der Waals surface area contributed by atoms with Crippen molar-refractivity contribution >= 4 is 44.1 Å². The Morgan fingerprint density at radius 2 is 1.23 bits per heavy atom. The molecule has 0 saturated heterocycles. The zero-order valence-corrected chi connectivity index (χ0v) is 23.9. The van der Waals surface area contributed by atoms with Crippen LogP contribution in [0.4, 0.5) is 0 Å². The highest BCUT2D eigenvalue weighted by molar-refractivity contribution is 6.12. The smallest absolute Gasteiger partial charge is 0.157 e. The Hall–Kier alpha value is -5.61. The summed E-state index contributed by atoms with van der Waals surface area (Å²) < 4.78 is 0. The van der Waals surface area contributed by atoms with E-state index in [2.05, 4.69) is 121 Å². The van der Waals surface area contributed by atoms with Gasteiger partial charge in [-0.05, 0) is 57.8 Å². The molecule has 206 valence electrons. The third kappa shape index (κ3) is 5.39. The molecule has 4 heteroatoms. The van der Waals surface area contributed by atoms with Crippen LogP contribution in [0.5, 0.6) is 0 Å². The number of aliphatic imine (C=N–C) groups is 2. The molecule has 7 rings (SSSR count). The Kier molecular flexibility index (Phi) is 6.94. The molecule has 0 spiro atoms. The molecule has 7 aromatic rings. The summed E-state index contributed by atoms with van der Waals surface area (Å²) in [5.41, 5.74) is 12.7. The average molecular weight is 555 g/mol. The second-order valence-electron chi connectivity index (χ2n) is 10.8. The molecule has 1 aromatic heterocycles. The van der Waals surface area contributed by atoms with E-state index >= 15 is 0 Å². The summed E-state index contributed by atoms with van der Waals surface area (Å²) in [6.07, 6.45) is 1.83. The number of para-hydroxylation sites is 1. The van der Waals surface area contributed by atoms with Gasteiger partial charge in [0.05, 0.1) is 11.6 Å². The van der Waals surface area contributed by atoms with Gasteiger partial charge < -0.3 is 5.73 Å². The van der Waals surface area contributed by atoms with Gasteiger partial charge in [0.25, 0.3) is 0 Å². The number of hydrogen-bond acceptors (Lipinski definition) is 2. The molecule has 43 heavy (non-hydrogen) atoms. The van der Waals surface area contributed by atoms with Crippen LogP contribution in [0, 0.1) is 0 Å². The number of hydrogen-bond donors (Lipinski definition) is 1. The lowest BCUT2D eigenvalue weighted by molar-refractivity contribution is 0.820. The number of amidine groups is 2. The van der Waals surface area contributed by atoms with E-state index in [9.17, 15) is 0 Å². The van der Waals surface area contributed by atoms with Gasteiger partial charge in [0.2, 0.25) is 0 Å². The van der Waals surface area contributed by atoms with E-state index in [-0.39, 0.29) is 6.04 Å². The molecule has 0 amide bonds. The minimum atomic E-state index is -0.121. The maximum Gasteiger partial charge on any atom is 0.157 e. The average Bonchev–Trinajstić information content (AvgIpc) is 3.07. The lowest BCUT2D eigenvalue weighted by Gasteiger charge is -2.12. The Labute approximate surface area is 250 Å². The molecule has 6 aromatic carbocycles. The van der Waals surface area contributed by atoms with Crippen molar-refractivity contribution in [3.63, 3.8) is 0 Å². The zero-order valence-electron chi connectivity index (χ0n) is 23.9. The molecule has 0 bridgehead atoms. The van der Waals surface area contributed by atoms with Crippen LogP contribution in [0.3, 0.4) is 0 Å². The van der Waals surface area contributed by atoms with E-state index in [1.807, 2.05) is 36.5 Å². The SMILES string of the molecule is CC(N=C(N=C(N)c1ccc(-c2cccc3cccnc23)cc1)c1ccc2ccccc2c1)c1ccc2ccccc2c1. The van der Waals surface area contributed by atoms with Crippen LogP contribution >= 0.6 is 0 Å². The quantitative estimate of drug-likeness (QED) is 0.170. The molecule has 0 saturated carbocycles. The first-order valence-corrected chi connectivity index (χ1v) is 14.5. The second kappa shape index (κ2) is 11.3. The molecule has 0 aliphatic heterocycles. The van der Waals surface area contributed by atoms with Crippen molar-refractivity contribution in [3.05, 3.63) is 162 Å². The molecule has 0 aliphatic carbocycles. The van der Waals surface area contributed by atoms with Crippen LogP contribution < -0.4 is 5.73 Å². The normalized spacial score (nSPS) is 13.0. The van der Waals surface area contributed by atoms with Crippen molar-refractivity contribution in [3.8, 4) is 11.1 Å². The fourth-order valence-electron chi connectivity index (χ4n) is 5.56. The van der Waals surface area contributed by atoms with Gasteiger partial charge in [-0.15, -0.1) is 0 Å². The van der Waals surface area contributed by atoms with E-state index in [1.54, 1.807) is 0 Å². The van der Waals surface area contributed by atoms with Crippen molar-refractivity contribution in [1.29, 1.82) is 0 Å². The fourth-order valence-corrected chi connectivity index (χ4v) is 5.56. The van der Waals surface area contributed by atoms with Crippen molar-refractivity contribution < 1.29 is 0 Å².